The quantitative estimate of drug-likeness (QED) is 0.833. The first-order chi connectivity index (χ1) is 9.33. The van der Waals surface area contributed by atoms with Crippen molar-refractivity contribution in [2.45, 2.75) is 33.1 Å². The number of aliphatic carboxylic acids is 1. The molecule has 0 saturated carbocycles. The Morgan fingerprint density at radius 3 is 2.35 bits per heavy atom. The van der Waals surface area contributed by atoms with E-state index in [1.807, 2.05) is 18.2 Å². The molecule has 20 heavy (non-hydrogen) atoms. The number of carboxylic acids is 1. The zero-order valence-corrected chi connectivity index (χ0v) is 12.4. The van der Waals surface area contributed by atoms with E-state index in [9.17, 15) is 9.59 Å². The van der Waals surface area contributed by atoms with Gasteiger partial charge >= 0.3 is 5.97 Å². The van der Waals surface area contributed by atoms with Gasteiger partial charge < -0.3 is 10.0 Å². The molecule has 0 saturated heterocycles. The molecule has 1 aromatic rings. The van der Waals surface area contributed by atoms with E-state index in [-0.39, 0.29) is 12.3 Å². The number of carboxylic acid groups (broad SMARTS) is 1. The number of amides is 1. The fourth-order valence-corrected chi connectivity index (χ4v) is 1.88. The maximum atomic E-state index is 12.0. The molecule has 0 bridgehead atoms. The molecule has 1 aromatic carbocycles. The number of aryl methyl sites for hydroxylation is 1. The molecular formula is C16H23NO3. The van der Waals surface area contributed by atoms with Gasteiger partial charge in [0, 0.05) is 20.0 Å². The van der Waals surface area contributed by atoms with Gasteiger partial charge in [-0.15, -0.1) is 0 Å². The third-order valence-electron chi connectivity index (χ3n) is 3.40. The van der Waals surface area contributed by atoms with Gasteiger partial charge in [0.05, 0.1) is 5.41 Å². The number of carbonyl (C=O) groups is 2. The molecule has 0 aliphatic heterocycles. The van der Waals surface area contributed by atoms with E-state index in [4.69, 9.17) is 5.11 Å². The van der Waals surface area contributed by atoms with Crippen LogP contribution >= 0.6 is 0 Å². The summed E-state index contributed by atoms with van der Waals surface area (Å²) in [6.07, 6.45) is 1.82. The predicted octanol–water partition coefficient (Wildman–Crippen LogP) is 2.58. The van der Waals surface area contributed by atoms with Gasteiger partial charge in [-0.2, -0.15) is 0 Å². The molecule has 0 fully saturated rings. The van der Waals surface area contributed by atoms with Gasteiger partial charge in [0.1, 0.15) is 0 Å². The van der Waals surface area contributed by atoms with E-state index >= 15 is 0 Å². The van der Waals surface area contributed by atoms with Crippen molar-refractivity contribution in [3.05, 3.63) is 35.9 Å². The maximum Gasteiger partial charge on any atom is 0.309 e. The number of carbonyl (C=O) groups excluding carboxylic acids is 1. The van der Waals surface area contributed by atoms with E-state index in [1.165, 1.54) is 5.56 Å². The van der Waals surface area contributed by atoms with Crippen molar-refractivity contribution in [3.8, 4) is 0 Å². The standard InChI is InChI=1S/C16H23NO3/c1-16(2,15(19)20)12-14(18)17(3)11-7-10-13-8-5-4-6-9-13/h4-6,8-9H,7,10-12H2,1-3H3,(H,19,20). The van der Waals surface area contributed by atoms with Crippen LogP contribution < -0.4 is 0 Å². The molecule has 0 aliphatic rings. The van der Waals surface area contributed by atoms with Crippen molar-refractivity contribution in [2.75, 3.05) is 13.6 Å². The third-order valence-corrected chi connectivity index (χ3v) is 3.40. The van der Waals surface area contributed by atoms with Gasteiger partial charge in [0.2, 0.25) is 5.91 Å². The Balaban J connectivity index is 2.37. The summed E-state index contributed by atoms with van der Waals surface area (Å²) in [5.41, 5.74) is 0.240. The van der Waals surface area contributed by atoms with Crippen molar-refractivity contribution in [3.63, 3.8) is 0 Å². The summed E-state index contributed by atoms with van der Waals surface area (Å²) in [5.74, 6) is -1.06. The minimum Gasteiger partial charge on any atom is -0.481 e. The summed E-state index contributed by atoms with van der Waals surface area (Å²) in [6.45, 7) is 3.79. The first-order valence-electron chi connectivity index (χ1n) is 6.84. The maximum absolute atomic E-state index is 12.0. The second kappa shape index (κ2) is 7.08. The highest BCUT2D eigenvalue weighted by atomic mass is 16.4. The van der Waals surface area contributed by atoms with E-state index in [1.54, 1.807) is 25.8 Å². The summed E-state index contributed by atoms with van der Waals surface area (Å²) in [6, 6.07) is 10.1. The van der Waals surface area contributed by atoms with Crippen LogP contribution in [0.25, 0.3) is 0 Å². The average molecular weight is 277 g/mol. The molecule has 4 heteroatoms. The highest BCUT2D eigenvalue weighted by Crippen LogP contribution is 2.21. The van der Waals surface area contributed by atoms with Crippen molar-refractivity contribution < 1.29 is 14.7 Å². The lowest BCUT2D eigenvalue weighted by atomic mass is 9.89. The van der Waals surface area contributed by atoms with Gasteiger partial charge in [0.15, 0.2) is 0 Å². The minimum absolute atomic E-state index is 0.0319. The lowest BCUT2D eigenvalue weighted by Crippen LogP contribution is -2.35. The molecular weight excluding hydrogens is 254 g/mol. The number of nitrogens with zero attached hydrogens (tertiary/aromatic N) is 1. The van der Waals surface area contributed by atoms with Crippen LogP contribution in [0.2, 0.25) is 0 Å². The molecule has 4 nitrogen and oxygen atoms in total. The molecule has 0 radical (unpaired) electrons. The number of rotatable bonds is 7. The summed E-state index contributed by atoms with van der Waals surface area (Å²) in [7, 11) is 1.73. The van der Waals surface area contributed by atoms with Gasteiger partial charge in [-0.05, 0) is 32.3 Å². The van der Waals surface area contributed by atoms with Crippen LogP contribution in [0.15, 0.2) is 30.3 Å². The molecule has 1 rings (SSSR count). The average Bonchev–Trinajstić information content (AvgIpc) is 2.39. The zero-order chi connectivity index (χ0) is 15.2. The highest BCUT2D eigenvalue weighted by Gasteiger charge is 2.31. The lowest BCUT2D eigenvalue weighted by molar-refractivity contribution is -0.151. The second-order valence-corrected chi connectivity index (χ2v) is 5.77. The van der Waals surface area contributed by atoms with Crippen molar-refractivity contribution in [1.29, 1.82) is 0 Å². The molecule has 0 atom stereocenters. The smallest absolute Gasteiger partial charge is 0.309 e. The van der Waals surface area contributed by atoms with Crippen LogP contribution in [0, 0.1) is 5.41 Å². The normalized spacial score (nSPS) is 11.2. The Morgan fingerprint density at radius 2 is 1.80 bits per heavy atom. The molecule has 0 aliphatic carbocycles. The van der Waals surface area contributed by atoms with Crippen LogP contribution in [0.3, 0.4) is 0 Å². The van der Waals surface area contributed by atoms with Gasteiger partial charge in [-0.1, -0.05) is 30.3 Å². The molecule has 0 unspecified atom stereocenters. The Bertz CT molecular complexity index is 454. The van der Waals surface area contributed by atoms with Crippen LogP contribution in [-0.2, 0) is 16.0 Å². The summed E-state index contributed by atoms with van der Waals surface area (Å²) < 4.78 is 0. The fourth-order valence-electron chi connectivity index (χ4n) is 1.88. The Kier molecular flexibility index (Phi) is 5.74. The first-order valence-corrected chi connectivity index (χ1v) is 6.84. The fraction of sp³-hybridized carbons (Fsp3) is 0.500. The second-order valence-electron chi connectivity index (χ2n) is 5.77. The van der Waals surface area contributed by atoms with E-state index in [0.29, 0.717) is 6.54 Å². The number of benzene rings is 1. The van der Waals surface area contributed by atoms with E-state index in [2.05, 4.69) is 12.1 Å². The zero-order valence-electron chi connectivity index (χ0n) is 12.4. The highest BCUT2D eigenvalue weighted by molar-refractivity contribution is 5.84. The molecule has 1 amide bonds. The Morgan fingerprint density at radius 1 is 1.20 bits per heavy atom. The molecule has 0 aromatic heterocycles. The van der Waals surface area contributed by atoms with Crippen molar-refractivity contribution in [2.24, 2.45) is 5.41 Å². The summed E-state index contributed by atoms with van der Waals surface area (Å²) >= 11 is 0. The van der Waals surface area contributed by atoms with E-state index < -0.39 is 11.4 Å². The van der Waals surface area contributed by atoms with Crippen molar-refractivity contribution >= 4 is 11.9 Å². The summed E-state index contributed by atoms with van der Waals surface area (Å²) in [5, 5.41) is 9.03. The van der Waals surface area contributed by atoms with Gasteiger partial charge in [0.25, 0.3) is 0 Å². The van der Waals surface area contributed by atoms with Crippen LogP contribution in [-0.4, -0.2) is 35.5 Å². The lowest BCUT2D eigenvalue weighted by Gasteiger charge is -2.23. The Hall–Kier alpha value is -1.84. The van der Waals surface area contributed by atoms with Crippen LogP contribution in [0.5, 0.6) is 0 Å². The van der Waals surface area contributed by atoms with Gasteiger partial charge in [-0.25, -0.2) is 0 Å². The SMILES string of the molecule is CN(CCCc1ccccc1)C(=O)CC(C)(C)C(=O)O. The molecule has 0 heterocycles. The topological polar surface area (TPSA) is 57.6 Å². The predicted molar refractivity (Wildman–Crippen MR) is 78.4 cm³/mol. The summed E-state index contributed by atoms with van der Waals surface area (Å²) in [4.78, 5) is 24.6. The third kappa shape index (κ3) is 5.03. The molecule has 0 spiro atoms. The van der Waals surface area contributed by atoms with Crippen molar-refractivity contribution in [1.82, 2.24) is 4.90 Å². The monoisotopic (exact) mass is 277 g/mol. The Labute approximate surface area is 120 Å². The minimum atomic E-state index is -1.01. The molecule has 1 N–H and O–H groups in total. The number of hydrogen-bond acceptors (Lipinski definition) is 2. The van der Waals surface area contributed by atoms with Gasteiger partial charge in [-0.3, -0.25) is 9.59 Å². The van der Waals surface area contributed by atoms with Crippen LogP contribution in [0.1, 0.15) is 32.3 Å². The molecule has 110 valence electrons. The van der Waals surface area contributed by atoms with Crippen LogP contribution in [0.4, 0.5) is 0 Å². The first kappa shape index (κ1) is 16.2. The largest absolute Gasteiger partial charge is 0.481 e. The number of hydrogen-bond donors (Lipinski definition) is 1. The van der Waals surface area contributed by atoms with E-state index in [0.717, 1.165) is 12.8 Å².